The van der Waals surface area contributed by atoms with Crippen LogP contribution in [0, 0.1) is 0 Å². The summed E-state index contributed by atoms with van der Waals surface area (Å²) in [4.78, 5) is 10.4. The van der Waals surface area contributed by atoms with E-state index in [2.05, 4.69) is 14.9 Å². The van der Waals surface area contributed by atoms with Crippen LogP contribution in [-0.4, -0.2) is 44.4 Å². The van der Waals surface area contributed by atoms with E-state index < -0.39 is 30.7 Å². The molecule has 0 atom stereocenters. The van der Waals surface area contributed by atoms with Crippen molar-refractivity contribution in [3.8, 4) is 0 Å². The summed E-state index contributed by atoms with van der Waals surface area (Å²) in [5.41, 5.74) is 0.240. The van der Waals surface area contributed by atoms with E-state index in [0.717, 1.165) is 6.26 Å². The number of sulfonamides is 1. The minimum Gasteiger partial charge on any atom is -0.476 e. The zero-order chi connectivity index (χ0) is 19.1. The first-order chi connectivity index (χ1) is 12.1. The molecule has 3 aromatic rings. The number of hydrogen-bond donors (Lipinski definition) is 3. The van der Waals surface area contributed by atoms with Gasteiger partial charge in [0.15, 0.2) is 15.5 Å². The predicted octanol–water partition coefficient (Wildman–Crippen LogP) is 1.47. The van der Waals surface area contributed by atoms with Crippen molar-refractivity contribution in [3.63, 3.8) is 0 Å². The van der Waals surface area contributed by atoms with Gasteiger partial charge < -0.3 is 5.11 Å². The lowest BCUT2D eigenvalue weighted by Gasteiger charge is -2.11. The average molecular weight is 395 g/mol. The van der Waals surface area contributed by atoms with Crippen LogP contribution in [0.2, 0.25) is 0 Å². The Hall–Kier alpha value is -2.92. The third-order valence-electron chi connectivity index (χ3n) is 3.56. The van der Waals surface area contributed by atoms with Gasteiger partial charge in [0.2, 0.25) is 0 Å². The largest absolute Gasteiger partial charge is 0.476 e. The molecule has 11 heteroatoms. The maximum absolute atomic E-state index is 12.6. The van der Waals surface area contributed by atoms with Gasteiger partial charge in [-0.15, -0.1) is 0 Å². The fraction of sp³-hybridized carbons (Fsp3) is 0.0667. The average Bonchev–Trinajstić information content (AvgIpc) is 2.97. The van der Waals surface area contributed by atoms with Crippen molar-refractivity contribution < 1.29 is 26.7 Å². The van der Waals surface area contributed by atoms with E-state index >= 15 is 0 Å². The Labute approximate surface area is 148 Å². The van der Waals surface area contributed by atoms with Gasteiger partial charge >= 0.3 is 5.97 Å². The summed E-state index contributed by atoms with van der Waals surface area (Å²) in [6, 6.07) is 9.39. The summed E-state index contributed by atoms with van der Waals surface area (Å²) < 4.78 is 51.2. The molecule has 0 saturated carbocycles. The van der Waals surface area contributed by atoms with Crippen LogP contribution >= 0.6 is 0 Å². The number of aromatic amines is 1. The van der Waals surface area contributed by atoms with Crippen LogP contribution in [0.25, 0.3) is 10.9 Å². The molecule has 0 bridgehead atoms. The first kappa shape index (κ1) is 17.9. The molecule has 0 unspecified atom stereocenters. The molecule has 2 aromatic carbocycles. The van der Waals surface area contributed by atoms with Crippen LogP contribution in [0.1, 0.15) is 10.5 Å². The van der Waals surface area contributed by atoms with Crippen LogP contribution in [-0.2, 0) is 19.9 Å². The molecule has 0 fully saturated rings. The monoisotopic (exact) mass is 395 g/mol. The Bertz CT molecular complexity index is 1230. The number of hydrogen-bond acceptors (Lipinski definition) is 6. The number of H-pyrrole nitrogens is 1. The third kappa shape index (κ3) is 3.26. The molecule has 3 N–H and O–H groups in total. The van der Waals surface area contributed by atoms with E-state index in [9.17, 15) is 21.6 Å². The van der Waals surface area contributed by atoms with Crippen LogP contribution in [0.5, 0.6) is 0 Å². The molecule has 0 amide bonds. The second-order valence-corrected chi connectivity index (χ2v) is 9.10. The van der Waals surface area contributed by atoms with Gasteiger partial charge in [-0.1, -0.05) is 12.1 Å². The number of aromatic nitrogens is 2. The SMILES string of the molecule is CS(=O)(=O)c1ccccc1S(=O)(=O)Nc1ccc2[nH]nc(C(=O)O)c2c1. The smallest absolute Gasteiger partial charge is 0.357 e. The molecule has 0 aliphatic carbocycles. The highest BCUT2D eigenvalue weighted by Crippen LogP contribution is 2.26. The number of carboxylic acids is 1. The van der Waals surface area contributed by atoms with Crippen molar-refractivity contribution in [2.45, 2.75) is 9.79 Å². The Morgan fingerprint density at radius 2 is 1.73 bits per heavy atom. The number of rotatable bonds is 5. The predicted molar refractivity (Wildman–Crippen MR) is 93.4 cm³/mol. The summed E-state index contributed by atoms with van der Waals surface area (Å²) in [6.45, 7) is 0. The summed E-state index contributed by atoms with van der Waals surface area (Å²) >= 11 is 0. The zero-order valence-electron chi connectivity index (χ0n) is 13.3. The van der Waals surface area contributed by atoms with Gasteiger partial charge in [0.1, 0.15) is 4.90 Å². The summed E-state index contributed by atoms with van der Waals surface area (Å²) in [5, 5.41) is 15.5. The minimum atomic E-state index is -4.22. The molecule has 26 heavy (non-hydrogen) atoms. The van der Waals surface area contributed by atoms with Crippen molar-refractivity contribution in [1.29, 1.82) is 0 Å². The number of carbonyl (C=O) groups is 1. The number of carboxylic acid groups (broad SMARTS) is 1. The Morgan fingerprint density at radius 1 is 1.08 bits per heavy atom. The van der Waals surface area contributed by atoms with Crippen LogP contribution in [0.4, 0.5) is 5.69 Å². The zero-order valence-corrected chi connectivity index (χ0v) is 14.9. The van der Waals surface area contributed by atoms with Crippen molar-refractivity contribution in [2.24, 2.45) is 0 Å². The number of anilines is 1. The molecule has 0 aliphatic heterocycles. The van der Waals surface area contributed by atoms with Gasteiger partial charge in [0.25, 0.3) is 10.0 Å². The maximum atomic E-state index is 12.6. The number of fused-ring (bicyclic) bond motifs is 1. The van der Waals surface area contributed by atoms with Gasteiger partial charge in [-0.2, -0.15) is 5.10 Å². The van der Waals surface area contributed by atoms with Crippen molar-refractivity contribution in [2.75, 3.05) is 11.0 Å². The molecule has 9 nitrogen and oxygen atoms in total. The Balaban J connectivity index is 2.08. The van der Waals surface area contributed by atoms with Crippen molar-refractivity contribution >= 4 is 42.4 Å². The highest BCUT2D eigenvalue weighted by molar-refractivity contribution is 7.95. The number of nitrogens with zero attached hydrogens (tertiary/aromatic N) is 1. The molecule has 0 saturated heterocycles. The van der Waals surface area contributed by atoms with Crippen LogP contribution in [0.3, 0.4) is 0 Å². The van der Waals surface area contributed by atoms with Gasteiger partial charge in [-0.25, -0.2) is 21.6 Å². The second-order valence-electron chi connectivity index (χ2n) is 5.46. The standard InChI is InChI=1S/C15H13N3O6S2/c1-25(21,22)12-4-2-3-5-13(12)26(23,24)18-9-6-7-11-10(8-9)14(15(19)20)17-16-11/h2-8,18H,1H3,(H,16,17)(H,19,20). The minimum absolute atomic E-state index is 0.0738. The molecule has 1 heterocycles. The second kappa shape index (κ2) is 6.11. The summed E-state index contributed by atoms with van der Waals surface area (Å²) in [6.07, 6.45) is 0.915. The van der Waals surface area contributed by atoms with E-state index in [1.165, 1.54) is 42.5 Å². The highest BCUT2D eigenvalue weighted by Gasteiger charge is 2.24. The maximum Gasteiger partial charge on any atom is 0.357 e. The van der Waals surface area contributed by atoms with E-state index in [1.807, 2.05) is 0 Å². The lowest BCUT2D eigenvalue weighted by Crippen LogP contribution is -2.16. The van der Waals surface area contributed by atoms with E-state index in [1.54, 1.807) is 0 Å². The van der Waals surface area contributed by atoms with Crippen LogP contribution in [0.15, 0.2) is 52.3 Å². The number of sulfone groups is 1. The first-order valence-corrected chi connectivity index (χ1v) is 10.5. The van der Waals surface area contributed by atoms with Gasteiger partial charge in [0, 0.05) is 17.3 Å². The fourth-order valence-electron chi connectivity index (χ4n) is 2.43. The van der Waals surface area contributed by atoms with E-state index in [4.69, 9.17) is 5.11 Å². The molecule has 0 aliphatic rings. The lowest BCUT2D eigenvalue weighted by atomic mass is 10.2. The summed E-state index contributed by atoms with van der Waals surface area (Å²) in [7, 11) is -7.98. The van der Waals surface area contributed by atoms with Crippen LogP contribution < -0.4 is 4.72 Å². The number of nitrogens with one attached hydrogen (secondary N) is 2. The van der Waals surface area contributed by atoms with Gasteiger partial charge in [-0.3, -0.25) is 9.82 Å². The molecule has 0 radical (unpaired) electrons. The highest BCUT2D eigenvalue weighted by atomic mass is 32.2. The molecule has 0 spiro atoms. The Kier molecular flexibility index (Phi) is 4.20. The normalized spacial score (nSPS) is 12.2. The van der Waals surface area contributed by atoms with Gasteiger partial charge in [0.05, 0.1) is 10.4 Å². The van der Waals surface area contributed by atoms with E-state index in [0.29, 0.717) is 5.52 Å². The fourth-order valence-corrected chi connectivity index (χ4v) is 5.11. The number of aromatic carboxylic acids is 1. The molecule has 3 rings (SSSR count). The first-order valence-electron chi connectivity index (χ1n) is 7.13. The quantitative estimate of drug-likeness (QED) is 0.593. The lowest BCUT2D eigenvalue weighted by molar-refractivity contribution is 0.0692. The summed E-state index contributed by atoms with van der Waals surface area (Å²) in [5.74, 6) is -1.27. The molecule has 136 valence electrons. The topological polar surface area (TPSA) is 146 Å². The Morgan fingerprint density at radius 3 is 2.35 bits per heavy atom. The van der Waals surface area contributed by atoms with Crippen molar-refractivity contribution in [3.05, 3.63) is 48.2 Å². The third-order valence-corrected chi connectivity index (χ3v) is 6.28. The molecule has 1 aromatic heterocycles. The van der Waals surface area contributed by atoms with Gasteiger partial charge in [-0.05, 0) is 30.3 Å². The number of benzene rings is 2. The molecular formula is C15H13N3O6S2. The van der Waals surface area contributed by atoms with Crippen molar-refractivity contribution in [1.82, 2.24) is 10.2 Å². The van der Waals surface area contributed by atoms with E-state index in [-0.39, 0.29) is 21.7 Å². The molecular weight excluding hydrogens is 382 g/mol.